The van der Waals surface area contributed by atoms with Crippen molar-refractivity contribution in [2.75, 3.05) is 0 Å². The zero-order chi connectivity index (χ0) is 38.2. The van der Waals surface area contributed by atoms with Crippen LogP contribution in [0.2, 0.25) is 0 Å². The Morgan fingerprint density at radius 1 is 0.362 bits per heavy atom. The molecule has 58 heavy (non-hydrogen) atoms. The molecule has 5 nitrogen and oxygen atoms in total. The lowest BCUT2D eigenvalue weighted by atomic mass is 10.00. The van der Waals surface area contributed by atoms with Gasteiger partial charge in [-0.2, -0.15) is 0 Å². The highest BCUT2D eigenvalue weighted by molar-refractivity contribution is 7.26. The van der Waals surface area contributed by atoms with Gasteiger partial charge in [0.1, 0.15) is 5.52 Å². The summed E-state index contributed by atoms with van der Waals surface area (Å²) < 4.78 is 8.92. The number of hydrogen-bond donors (Lipinski definition) is 0. The van der Waals surface area contributed by atoms with E-state index in [2.05, 4.69) is 152 Å². The van der Waals surface area contributed by atoms with Crippen LogP contribution in [0.1, 0.15) is 0 Å². The number of rotatable bonds is 5. The van der Waals surface area contributed by atoms with Crippen molar-refractivity contribution in [1.29, 1.82) is 0 Å². The Morgan fingerprint density at radius 3 is 1.86 bits per heavy atom. The summed E-state index contributed by atoms with van der Waals surface area (Å²) >= 11 is 1.77. The molecule has 0 spiro atoms. The molecular weight excluding hydrogens is 729 g/mol. The summed E-state index contributed by atoms with van der Waals surface area (Å²) in [6, 6.07) is 63.5. The van der Waals surface area contributed by atoms with E-state index in [1.165, 1.54) is 21.0 Å². The fourth-order valence-electron chi connectivity index (χ4n) is 8.26. The zero-order valence-electron chi connectivity index (χ0n) is 30.9. The molecule has 0 saturated carbocycles. The molecule has 0 unspecified atom stereocenters. The maximum Gasteiger partial charge on any atom is 0.227 e. The molecular formula is C52H30N4OS. The van der Waals surface area contributed by atoms with Crippen LogP contribution >= 0.6 is 11.3 Å². The number of hydrogen-bond acceptors (Lipinski definition) is 6. The molecule has 12 rings (SSSR count). The van der Waals surface area contributed by atoms with Gasteiger partial charge in [-0.25, -0.2) is 19.9 Å². The molecule has 12 aromatic rings. The molecule has 0 amide bonds. The zero-order valence-corrected chi connectivity index (χ0v) is 31.7. The van der Waals surface area contributed by atoms with Gasteiger partial charge in [0.2, 0.25) is 5.89 Å². The first-order valence-corrected chi connectivity index (χ1v) is 20.1. The van der Waals surface area contributed by atoms with Crippen LogP contribution in [0.25, 0.3) is 120 Å². The molecule has 0 atom stereocenters. The first-order chi connectivity index (χ1) is 28.7. The smallest absolute Gasteiger partial charge is 0.227 e. The summed E-state index contributed by atoms with van der Waals surface area (Å²) in [5, 5.41) is 9.14. The minimum Gasteiger partial charge on any atom is -0.435 e. The third-order valence-electron chi connectivity index (χ3n) is 11.1. The summed E-state index contributed by atoms with van der Waals surface area (Å²) in [5.74, 6) is 2.48. The molecule has 0 aliphatic rings. The van der Waals surface area contributed by atoms with Crippen molar-refractivity contribution in [3.63, 3.8) is 0 Å². The first kappa shape index (κ1) is 32.7. The Hall–Kier alpha value is -7.54. The maximum atomic E-state index is 6.58. The van der Waals surface area contributed by atoms with Crippen molar-refractivity contribution >= 4 is 74.9 Å². The quantitative estimate of drug-likeness (QED) is 0.175. The van der Waals surface area contributed by atoms with E-state index in [9.17, 15) is 0 Å². The highest BCUT2D eigenvalue weighted by Crippen LogP contribution is 2.44. The van der Waals surface area contributed by atoms with E-state index in [1.54, 1.807) is 11.3 Å². The van der Waals surface area contributed by atoms with Crippen molar-refractivity contribution < 1.29 is 4.42 Å². The highest BCUT2D eigenvalue weighted by atomic mass is 32.1. The summed E-state index contributed by atoms with van der Waals surface area (Å²) in [4.78, 5) is 20.5. The molecule has 0 radical (unpaired) electrons. The topological polar surface area (TPSA) is 64.7 Å². The minimum atomic E-state index is 0.612. The van der Waals surface area contributed by atoms with E-state index in [0.717, 1.165) is 75.9 Å². The van der Waals surface area contributed by atoms with Gasteiger partial charge in [-0.3, -0.25) is 0 Å². The minimum absolute atomic E-state index is 0.612. The normalized spacial score (nSPS) is 11.8. The second kappa shape index (κ2) is 13.0. The molecule has 3 heterocycles. The van der Waals surface area contributed by atoms with Crippen LogP contribution in [-0.2, 0) is 0 Å². The highest BCUT2D eigenvalue weighted by Gasteiger charge is 2.19. The monoisotopic (exact) mass is 758 g/mol. The molecule has 0 bridgehead atoms. The van der Waals surface area contributed by atoms with Gasteiger partial charge < -0.3 is 4.42 Å². The van der Waals surface area contributed by atoms with E-state index in [4.69, 9.17) is 24.4 Å². The fraction of sp³-hybridized carbons (Fsp3) is 0. The van der Waals surface area contributed by atoms with E-state index >= 15 is 0 Å². The van der Waals surface area contributed by atoms with Crippen LogP contribution in [-0.4, -0.2) is 19.9 Å². The van der Waals surface area contributed by atoms with E-state index in [-0.39, 0.29) is 0 Å². The molecule has 0 N–H and O–H groups in total. The lowest BCUT2D eigenvalue weighted by molar-refractivity contribution is 0.623. The Labute approximate surface area is 336 Å². The third kappa shape index (κ3) is 5.38. The van der Waals surface area contributed by atoms with Gasteiger partial charge >= 0.3 is 0 Å². The van der Waals surface area contributed by atoms with Crippen molar-refractivity contribution in [1.82, 2.24) is 19.9 Å². The maximum absolute atomic E-state index is 6.58. The average Bonchev–Trinajstić information content (AvgIpc) is 3.91. The van der Waals surface area contributed by atoms with E-state index < -0.39 is 0 Å². The van der Waals surface area contributed by atoms with Gasteiger partial charge in [-0.15, -0.1) is 11.3 Å². The van der Waals surface area contributed by atoms with Gasteiger partial charge in [0, 0.05) is 42.4 Å². The van der Waals surface area contributed by atoms with Gasteiger partial charge in [-0.1, -0.05) is 140 Å². The molecule has 0 aliphatic carbocycles. The Bertz CT molecular complexity index is 3570. The molecule has 9 aromatic carbocycles. The number of aromatic nitrogens is 4. The molecule has 0 aliphatic heterocycles. The summed E-state index contributed by atoms with van der Waals surface area (Å²) in [6.45, 7) is 0. The number of fused-ring (bicyclic) bond motifs is 9. The Kier molecular flexibility index (Phi) is 7.33. The second-order valence-electron chi connectivity index (χ2n) is 14.6. The Morgan fingerprint density at radius 2 is 0.983 bits per heavy atom. The van der Waals surface area contributed by atoms with Crippen molar-refractivity contribution in [3.05, 3.63) is 182 Å². The second-order valence-corrected chi connectivity index (χ2v) is 15.7. The van der Waals surface area contributed by atoms with Crippen LogP contribution in [0.5, 0.6) is 0 Å². The van der Waals surface area contributed by atoms with E-state index in [1.807, 2.05) is 30.3 Å². The fourth-order valence-corrected chi connectivity index (χ4v) is 9.38. The summed E-state index contributed by atoms with van der Waals surface area (Å²) in [7, 11) is 0. The van der Waals surface area contributed by atoms with Crippen LogP contribution in [0.4, 0.5) is 0 Å². The number of nitrogens with zero attached hydrogens (tertiary/aromatic N) is 4. The van der Waals surface area contributed by atoms with Crippen molar-refractivity contribution in [2.45, 2.75) is 0 Å². The van der Waals surface area contributed by atoms with Gasteiger partial charge in [0.05, 0.1) is 0 Å². The van der Waals surface area contributed by atoms with Crippen molar-refractivity contribution in [3.8, 4) is 56.7 Å². The number of benzene rings is 9. The summed E-state index contributed by atoms with van der Waals surface area (Å²) in [5.41, 5.74) is 7.69. The third-order valence-corrected chi connectivity index (χ3v) is 12.3. The number of oxazole rings is 1. The van der Waals surface area contributed by atoms with Crippen LogP contribution < -0.4 is 0 Å². The lowest BCUT2D eigenvalue weighted by Crippen LogP contribution is -2.00. The van der Waals surface area contributed by atoms with E-state index in [0.29, 0.717) is 23.4 Å². The average molecular weight is 759 g/mol. The lowest BCUT2D eigenvalue weighted by Gasteiger charge is -2.11. The molecule has 0 saturated heterocycles. The molecule has 3 aromatic heterocycles. The first-order valence-electron chi connectivity index (χ1n) is 19.3. The largest absolute Gasteiger partial charge is 0.435 e. The van der Waals surface area contributed by atoms with Crippen molar-refractivity contribution in [2.24, 2.45) is 0 Å². The molecule has 270 valence electrons. The van der Waals surface area contributed by atoms with Crippen LogP contribution in [0, 0.1) is 0 Å². The Balaban J connectivity index is 1.04. The van der Waals surface area contributed by atoms with Gasteiger partial charge in [-0.05, 0) is 85.9 Å². The SMILES string of the molecule is c1ccc(-c2nc3ccc4sc5ccc6ccc(-c7nc(-c8ccc(-c9ccc%10ccccc%10c9)cc8)nc(-c8cccc9ccccc89)n7)cc6c5c4c3o2)cc1. The predicted molar refractivity (Wildman–Crippen MR) is 240 cm³/mol. The molecule has 0 fully saturated rings. The number of thiophene rings is 1. The van der Waals surface area contributed by atoms with Gasteiger partial charge in [0.15, 0.2) is 23.1 Å². The molecule has 6 heteroatoms. The predicted octanol–water partition coefficient (Wildman–Crippen LogP) is 14.2. The van der Waals surface area contributed by atoms with Gasteiger partial charge in [0.25, 0.3) is 0 Å². The van der Waals surface area contributed by atoms with Crippen LogP contribution in [0.3, 0.4) is 0 Å². The van der Waals surface area contributed by atoms with Crippen LogP contribution in [0.15, 0.2) is 186 Å². The standard InChI is InChI=1S/C52H30N4OS/c1-2-11-36(12-3-1)52-53-43-26-28-45-47(48(43)57-52)46-42-30-39(24-20-34(42)25-27-44(46)58-45)50-54-49(55-51(56-50)41-16-8-14-33-10-6-7-15-40(33)41)35-21-17-32(18-22-35)38-23-19-31-9-4-5-13-37(31)29-38/h1-30H. The summed E-state index contributed by atoms with van der Waals surface area (Å²) in [6.07, 6.45) is 0.